The zero-order chi connectivity index (χ0) is 18.3. The van der Waals surface area contributed by atoms with E-state index in [0.717, 1.165) is 42.3 Å². The van der Waals surface area contributed by atoms with E-state index >= 15 is 0 Å². The lowest BCUT2D eigenvalue weighted by molar-refractivity contribution is 0.0263. The van der Waals surface area contributed by atoms with E-state index in [1.165, 1.54) is 0 Å². The van der Waals surface area contributed by atoms with Crippen molar-refractivity contribution in [2.75, 3.05) is 31.1 Å². The van der Waals surface area contributed by atoms with Crippen LogP contribution in [0.15, 0.2) is 18.2 Å². The van der Waals surface area contributed by atoms with Crippen molar-refractivity contribution in [3.63, 3.8) is 0 Å². The first-order valence-electron chi connectivity index (χ1n) is 8.76. The zero-order valence-electron chi connectivity index (χ0n) is 15.9. The highest BCUT2D eigenvalue weighted by molar-refractivity contribution is 6.34. The number of anilines is 1. The van der Waals surface area contributed by atoms with Crippen LogP contribution in [0.2, 0.25) is 5.02 Å². The minimum Gasteiger partial charge on any atom is -0.444 e. The smallest absolute Gasteiger partial charge is 0.410 e. The van der Waals surface area contributed by atoms with E-state index in [4.69, 9.17) is 16.3 Å². The topological polar surface area (TPSA) is 32.8 Å². The first-order chi connectivity index (χ1) is 11.3. The molecule has 0 spiro atoms. The molecule has 1 aromatic carbocycles. The van der Waals surface area contributed by atoms with Crippen molar-refractivity contribution in [3.05, 3.63) is 28.8 Å². The van der Waals surface area contributed by atoms with Crippen molar-refractivity contribution in [2.45, 2.75) is 53.6 Å². The molecule has 1 aliphatic rings. The van der Waals surface area contributed by atoms with E-state index in [9.17, 15) is 4.79 Å². The summed E-state index contributed by atoms with van der Waals surface area (Å²) in [6, 6.07) is 6.07. The number of benzene rings is 1. The van der Waals surface area contributed by atoms with Gasteiger partial charge in [0.15, 0.2) is 0 Å². The summed E-state index contributed by atoms with van der Waals surface area (Å²) in [5, 5.41) is 0.799. The summed E-state index contributed by atoms with van der Waals surface area (Å²) in [5.74, 6) is 0. The maximum Gasteiger partial charge on any atom is 0.410 e. The van der Waals surface area contributed by atoms with Crippen molar-refractivity contribution < 1.29 is 9.53 Å². The fraction of sp³-hybridized carbons (Fsp3) is 0.632. The first-order valence-corrected chi connectivity index (χ1v) is 9.14. The number of nitrogens with zero attached hydrogens (tertiary/aromatic N) is 2. The molecular formula is C19H31ClN2O2. The predicted molar refractivity (Wildman–Crippen MR) is 102 cm³/mol. The van der Waals surface area contributed by atoms with Crippen molar-refractivity contribution in [1.82, 2.24) is 4.90 Å². The molecule has 1 heterocycles. The summed E-state index contributed by atoms with van der Waals surface area (Å²) in [7, 11) is 0. The van der Waals surface area contributed by atoms with E-state index in [1.807, 2.05) is 59.7 Å². The Hall–Kier alpha value is -1.42. The number of hydrogen-bond acceptors (Lipinski definition) is 3. The van der Waals surface area contributed by atoms with Gasteiger partial charge < -0.3 is 14.5 Å². The lowest BCUT2D eigenvalue weighted by Crippen LogP contribution is -2.39. The van der Waals surface area contributed by atoms with Gasteiger partial charge >= 0.3 is 6.09 Å². The molecule has 1 saturated heterocycles. The Labute approximate surface area is 151 Å². The molecule has 5 heteroatoms. The average Bonchev–Trinajstić information content (AvgIpc) is 2.76. The Morgan fingerprint density at radius 1 is 1.12 bits per heavy atom. The summed E-state index contributed by atoms with van der Waals surface area (Å²) in [6.45, 7) is 14.7. The summed E-state index contributed by atoms with van der Waals surface area (Å²) in [4.78, 5) is 16.2. The predicted octanol–water partition coefficient (Wildman–Crippen LogP) is 5.12. The minimum absolute atomic E-state index is 0.232. The fourth-order valence-electron chi connectivity index (χ4n) is 2.54. The number of ether oxygens (including phenoxy) is 1. The largest absolute Gasteiger partial charge is 0.444 e. The van der Waals surface area contributed by atoms with Crippen molar-refractivity contribution in [1.29, 1.82) is 0 Å². The van der Waals surface area contributed by atoms with E-state index in [2.05, 4.69) is 4.90 Å². The molecule has 0 saturated carbocycles. The number of amides is 1. The highest BCUT2D eigenvalue weighted by Crippen LogP contribution is 2.29. The molecule has 1 fully saturated rings. The highest BCUT2D eigenvalue weighted by atomic mass is 35.5. The van der Waals surface area contributed by atoms with Crippen LogP contribution in [0, 0.1) is 6.92 Å². The van der Waals surface area contributed by atoms with Crippen LogP contribution >= 0.6 is 11.6 Å². The summed E-state index contributed by atoms with van der Waals surface area (Å²) in [5.41, 5.74) is 1.67. The fourth-order valence-corrected chi connectivity index (χ4v) is 2.79. The molecular weight excluding hydrogens is 324 g/mol. The lowest BCUT2D eigenvalue weighted by atomic mass is 10.2. The third-order valence-corrected chi connectivity index (χ3v) is 4.15. The van der Waals surface area contributed by atoms with Gasteiger partial charge in [-0.3, -0.25) is 0 Å². The molecule has 136 valence electrons. The Bertz CT molecular complexity index is 541. The number of rotatable bonds is 1. The van der Waals surface area contributed by atoms with Crippen LogP contribution in [0.25, 0.3) is 0 Å². The summed E-state index contributed by atoms with van der Waals surface area (Å²) in [6.07, 6.45) is 0.674. The Balaban J connectivity index is 0.00000139. The van der Waals surface area contributed by atoms with Crippen molar-refractivity contribution in [3.8, 4) is 0 Å². The van der Waals surface area contributed by atoms with Crippen molar-refractivity contribution >= 4 is 23.4 Å². The highest BCUT2D eigenvalue weighted by Gasteiger charge is 2.25. The van der Waals surface area contributed by atoms with Gasteiger partial charge in [-0.25, -0.2) is 4.79 Å². The first kappa shape index (κ1) is 20.6. The Kier molecular flexibility index (Phi) is 7.88. The normalized spacial score (nSPS) is 15.3. The van der Waals surface area contributed by atoms with Gasteiger partial charge in [0.25, 0.3) is 0 Å². The van der Waals surface area contributed by atoms with Gasteiger partial charge in [0.2, 0.25) is 0 Å². The second kappa shape index (κ2) is 9.16. The van der Waals surface area contributed by atoms with Gasteiger partial charge in [0.1, 0.15) is 5.60 Å². The third-order valence-electron chi connectivity index (χ3n) is 3.66. The van der Waals surface area contributed by atoms with Crippen LogP contribution in [0.4, 0.5) is 10.5 Å². The van der Waals surface area contributed by atoms with Gasteiger partial charge in [-0.2, -0.15) is 0 Å². The van der Waals surface area contributed by atoms with Crippen LogP contribution in [-0.2, 0) is 4.74 Å². The van der Waals surface area contributed by atoms with Crippen LogP contribution < -0.4 is 4.90 Å². The van der Waals surface area contributed by atoms with Gasteiger partial charge in [-0.1, -0.05) is 37.6 Å². The molecule has 0 bridgehead atoms. The monoisotopic (exact) mass is 354 g/mol. The van der Waals surface area contributed by atoms with Gasteiger partial charge in [0.05, 0.1) is 10.7 Å². The second-order valence-electron chi connectivity index (χ2n) is 6.72. The van der Waals surface area contributed by atoms with Crippen molar-refractivity contribution in [2.24, 2.45) is 0 Å². The minimum atomic E-state index is -0.455. The van der Waals surface area contributed by atoms with Crippen LogP contribution in [0.1, 0.15) is 46.6 Å². The molecule has 24 heavy (non-hydrogen) atoms. The molecule has 4 nitrogen and oxygen atoms in total. The molecule has 0 aromatic heterocycles. The summed E-state index contributed by atoms with van der Waals surface area (Å²) < 4.78 is 5.46. The molecule has 1 amide bonds. The number of carbonyl (C=O) groups is 1. The SMILES string of the molecule is CC.Cc1cccc(N2CCCN(C(=O)OC(C)(C)C)CC2)c1Cl. The maximum absolute atomic E-state index is 12.2. The second-order valence-corrected chi connectivity index (χ2v) is 7.09. The number of carbonyl (C=O) groups excluding carboxylic acids is 1. The van der Waals surface area contributed by atoms with Gasteiger partial charge in [0, 0.05) is 26.2 Å². The van der Waals surface area contributed by atoms with E-state index in [-0.39, 0.29) is 6.09 Å². The number of halogens is 1. The molecule has 0 aliphatic carbocycles. The third kappa shape index (κ3) is 5.90. The molecule has 0 atom stereocenters. The quantitative estimate of drug-likeness (QED) is 0.701. The van der Waals surface area contributed by atoms with Crippen LogP contribution in [0.5, 0.6) is 0 Å². The maximum atomic E-state index is 12.2. The lowest BCUT2D eigenvalue weighted by Gasteiger charge is -2.27. The average molecular weight is 355 g/mol. The van der Waals surface area contributed by atoms with E-state index < -0.39 is 5.60 Å². The standard InChI is InChI=1S/C17H25ClN2O2.C2H6/c1-13-7-5-8-14(15(13)18)19-9-6-10-20(12-11-19)16(21)22-17(2,3)4;1-2/h5,7-8H,6,9-12H2,1-4H3;1-2H3. The van der Waals surface area contributed by atoms with Crippen LogP contribution in [0.3, 0.4) is 0 Å². The molecule has 1 aromatic rings. The van der Waals surface area contributed by atoms with Crippen LogP contribution in [-0.4, -0.2) is 42.8 Å². The van der Waals surface area contributed by atoms with E-state index in [0.29, 0.717) is 6.54 Å². The number of hydrogen-bond donors (Lipinski definition) is 0. The van der Waals surface area contributed by atoms with E-state index in [1.54, 1.807) is 4.90 Å². The molecule has 0 unspecified atom stereocenters. The molecule has 2 rings (SSSR count). The van der Waals surface area contributed by atoms with Gasteiger partial charge in [-0.15, -0.1) is 0 Å². The molecule has 1 aliphatic heterocycles. The van der Waals surface area contributed by atoms with Gasteiger partial charge in [-0.05, 0) is 45.7 Å². The Morgan fingerprint density at radius 3 is 2.42 bits per heavy atom. The zero-order valence-corrected chi connectivity index (χ0v) is 16.6. The molecule has 0 N–H and O–H groups in total. The number of aryl methyl sites for hydroxylation is 1. The Morgan fingerprint density at radius 2 is 1.79 bits per heavy atom. The summed E-state index contributed by atoms with van der Waals surface area (Å²) >= 11 is 6.42. The molecule has 0 radical (unpaired) electrons.